The second kappa shape index (κ2) is 5.69. The van der Waals surface area contributed by atoms with Gasteiger partial charge in [-0.1, -0.05) is 0 Å². The van der Waals surface area contributed by atoms with Crippen molar-refractivity contribution in [2.75, 3.05) is 12.4 Å². The summed E-state index contributed by atoms with van der Waals surface area (Å²) in [6, 6.07) is 1.61. The lowest BCUT2D eigenvalue weighted by Gasteiger charge is -2.10. The van der Waals surface area contributed by atoms with E-state index in [2.05, 4.69) is 15.6 Å². The predicted molar refractivity (Wildman–Crippen MR) is 60.0 cm³/mol. The molecule has 0 aliphatic heterocycles. The fraction of sp³-hybridized carbons (Fsp3) is 0.300. The highest BCUT2D eigenvalue weighted by atomic mass is 16.5. The molecule has 0 saturated carbocycles. The molecule has 7 heteroatoms. The lowest BCUT2D eigenvalue weighted by atomic mass is 10.3. The first-order valence-corrected chi connectivity index (χ1v) is 4.83. The van der Waals surface area contributed by atoms with E-state index in [0.29, 0.717) is 11.6 Å². The molecule has 92 valence electrons. The SMILES string of the molecule is COc1ccc(NC(=O)N[C@@H](C)C(=O)O)cn1. The number of anilines is 1. The standard InChI is InChI=1S/C10H13N3O4/c1-6(9(14)15)12-10(16)13-7-3-4-8(17-2)11-5-7/h3-6H,1-2H3,(H,14,15)(H2,12,13,16)/t6-/m0/s1. The molecule has 17 heavy (non-hydrogen) atoms. The minimum Gasteiger partial charge on any atom is -0.481 e. The number of aliphatic carboxylic acids is 1. The smallest absolute Gasteiger partial charge is 0.325 e. The van der Waals surface area contributed by atoms with E-state index in [1.165, 1.54) is 20.2 Å². The van der Waals surface area contributed by atoms with Crippen LogP contribution < -0.4 is 15.4 Å². The van der Waals surface area contributed by atoms with Crippen molar-refractivity contribution in [3.63, 3.8) is 0 Å². The number of ether oxygens (including phenoxy) is 1. The number of urea groups is 1. The quantitative estimate of drug-likeness (QED) is 0.717. The van der Waals surface area contributed by atoms with E-state index in [1.807, 2.05) is 0 Å². The molecule has 0 aliphatic carbocycles. The number of hydrogen-bond acceptors (Lipinski definition) is 4. The number of nitrogens with zero attached hydrogens (tertiary/aromatic N) is 1. The van der Waals surface area contributed by atoms with E-state index in [4.69, 9.17) is 9.84 Å². The maximum absolute atomic E-state index is 11.3. The summed E-state index contributed by atoms with van der Waals surface area (Å²) >= 11 is 0. The number of carbonyl (C=O) groups is 2. The third-order valence-electron chi connectivity index (χ3n) is 1.92. The minimum atomic E-state index is -1.10. The first-order valence-electron chi connectivity index (χ1n) is 4.83. The van der Waals surface area contributed by atoms with E-state index < -0.39 is 18.0 Å². The van der Waals surface area contributed by atoms with Gasteiger partial charge in [-0.3, -0.25) is 4.79 Å². The van der Waals surface area contributed by atoms with Crippen molar-refractivity contribution in [1.82, 2.24) is 10.3 Å². The van der Waals surface area contributed by atoms with Crippen LogP contribution >= 0.6 is 0 Å². The zero-order valence-electron chi connectivity index (χ0n) is 9.43. The van der Waals surface area contributed by atoms with Gasteiger partial charge in [0.25, 0.3) is 0 Å². The van der Waals surface area contributed by atoms with Crippen molar-refractivity contribution >= 4 is 17.7 Å². The number of aromatic nitrogens is 1. The number of rotatable bonds is 4. The van der Waals surface area contributed by atoms with Gasteiger partial charge in [0.1, 0.15) is 6.04 Å². The maximum Gasteiger partial charge on any atom is 0.325 e. The Labute approximate surface area is 97.8 Å². The number of pyridine rings is 1. The molecular weight excluding hydrogens is 226 g/mol. The van der Waals surface area contributed by atoms with Crippen LogP contribution in [0.3, 0.4) is 0 Å². The Morgan fingerprint density at radius 2 is 2.18 bits per heavy atom. The van der Waals surface area contributed by atoms with Crippen LogP contribution in [0.2, 0.25) is 0 Å². The maximum atomic E-state index is 11.3. The molecule has 1 atom stereocenters. The summed E-state index contributed by atoms with van der Waals surface area (Å²) in [4.78, 5) is 25.7. The molecule has 0 aliphatic rings. The van der Waals surface area contributed by atoms with Crippen LogP contribution in [0.4, 0.5) is 10.5 Å². The van der Waals surface area contributed by atoms with Gasteiger partial charge in [-0.25, -0.2) is 9.78 Å². The Morgan fingerprint density at radius 1 is 1.47 bits per heavy atom. The molecule has 0 fully saturated rings. The van der Waals surface area contributed by atoms with Gasteiger partial charge in [0, 0.05) is 6.07 Å². The van der Waals surface area contributed by atoms with E-state index >= 15 is 0 Å². The lowest BCUT2D eigenvalue weighted by Crippen LogP contribution is -2.40. The van der Waals surface area contributed by atoms with E-state index in [9.17, 15) is 9.59 Å². The van der Waals surface area contributed by atoms with Gasteiger partial charge in [0.05, 0.1) is 19.0 Å². The normalized spacial score (nSPS) is 11.4. The van der Waals surface area contributed by atoms with E-state index in [-0.39, 0.29) is 0 Å². The average Bonchev–Trinajstić information content (AvgIpc) is 2.29. The number of hydrogen-bond donors (Lipinski definition) is 3. The van der Waals surface area contributed by atoms with Crippen LogP contribution in [-0.4, -0.2) is 35.2 Å². The number of carboxylic acid groups (broad SMARTS) is 1. The fourth-order valence-corrected chi connectivity index (χ4v) is 1.00. The molecule has 2 amide bonds. The monoisotopic (exact) mass is 239 g/mol. The zero-order chi connectivity index (χ0) is 12.8. The number of amides is 2. The third kappa shape index (κ3) is 3.98. The molecule has 0 bridgehead atoms. The summed E-state index contributed by atoms with van der Waals surface area (Å²) in [5.41, 5.74) is 0.445. The number of methoxy groups -OCH3 is 1. The number of carboxylic acids is 1. The van der Waals surface area contributed by atoms with Crippen LogP contribution in [0.25, 0.3) is 0 Å². The minimum absolute atomic E-state index is 0.426. The van der Waals surface area contributed by atoms with Gasteiger partial charge in [-0.05, 0) is 13.0 Å². The van der Waals surface area contributed by atoms with Gasteiger partial charge >= 0.3 is 12.0 Å². The van der Waals surface area contributed by atoms with Crippen molar-refractivity contribution in [3.05, 3.63) is 18.3 Å². The largest absolute Gasteiger partial charge is 0.481 e. The van der Waals surface area contributed by atoms with Gasteiger partial charge in [-0.15, -0.1) is 0 Å². The highest BCUT2D eigenvalue weighted by molar-refractivity contribution is 5.91. The second-order valence-electron chi connectivity index (χ2n) is 3.25. The van der Waals surface area contributed by atoms with E-state index in [1.54, 1.807) is 12.1 Å². The Balaban J connectivity index is 2.53. The molecule has 1 aromatic heterocycles. The van der Waals surface area contributed by atoms with Crippen molar-refractivity contribution in [2.45, 2.75) is 13.0 Å². The summed E-state index contributed by atoms with van der Waals surface area (Å²) in [5.74, 6) is -0.678. The van der Waals surface area contributed by atoms with E-state index in [0.717, 1.165) is 0 Å². The van der Waals surface area contributed by atoms with Crippen molar-refractivity contribution in [1.29, 1.82) is 0 Å². The first kappa shape index (κ1) is 12.8. The fourth-order valence-electron chi connectivity index (χ4n) is 1.00. The Hall–Kier alpha value is -2.31. The zero-order valence-corrected chi connectivity index (χ0v) is 9.43. The predicted octanol–water partition coefficient (Wildman–Crippen LogP) is 0.685. The highest BCUT2D eigenvalue weighted by Gasteiger charge is 2.13. The summed E-state index contributed by atoms with van der Waals surface area (Å²) in [6.45, 7) is 1.37. The first-order chi connectivity index (χ1) is 8.02. The van der Waals surface area contributed by atoms with Gasteiger partial charge in [0.15, 0.2) is 0 Å². The van der Waals surface area contributed by atoms with Crippen LogP contribution in [-0.2, 0) is 4.79 Å². The third-order valence-corrected chi connectivity index (χ3v) is 1.92. The molecular formula is C10H13N3O4. The Kier molecular flexibility index (Phi) is 4.27. The molecule has 0 saturated heterocycles. The topological polar surface area (TPSA) is 101 Å². The molecule has 0 radical (unpaired) electrons. The molecule has 1 rings (SSSR count). The van der Waals surface area contributed by atoms with Gasteiger partial charge in [-0.2, -0.15) is 0 Å². The van der Waals surface area contributed by atoms with Crippen LogP contribution in [0.15, 0.2) is 18.3 Å². The molecule has 7 nitrogen and oxygen atoms in total. The lowest BCUT2D eigenvalue weighted by molar-refractivity contribution is -0.138. The number of nitrogens with one attached hydrogen (secondary N) is 2. The van der Waals surface area contributed by atoms with Gasteiger partial charge < -0.3 is 20.5 Å². The molecule has 0 spiro atoms. The summed E-state index contributed by atoms with van der Waals surface area (Å²) in [5, 5.41) is 13.3. The Morgan fingerprint density at radius 3 is 2.65 bits per heavy atom. The summed E-state index contributed by atoms with van der Waals surface area (Å²) in [7, 11) is 1.48. The molecule has 3 N–H and O–H groups in total. The molecule has 0 unspecified atom stereocenters. The number of carbonyl (C=O) groups excluding carboxylic acids is 1. The summed E-state index contributed by atoms with van der Waals surface area (Å²) in [6.07, 6.45) is 1.41. The molecule has 1 aromatic rings. The highest BCUT2D eigenvalue weighted by Crippen LogP contribution is 2.10. The van der Waals surface area contributed by atoms with Gasteiger partial charge in [0.2, 0.25) is 5.88 Å². The van der Waals surface area contributed by atoms with Crippen LogP contribution in [0.1, 0.15) is 6.92 Å². The van der Waals surface area contributed by atoms with Crippen molar-refractivity contribution in [2.24, 2.45) is 0 Å². The average molecular weight is 239 g/mol. The molecule has 0 aromatic carbocycles. The van der Waals surface area contributed by atoms with Crippen molar-refractivity contribution < 1.29 is 19.4 Å². The van der Waals surface area contributed by atoms with Crippen molar-refractivity contribution in [3.8, 4) is 5.88 Å². The van der Waals surface area contributed by atoms with Crippen LogP contribution in [0.5, 0.6) is 5.88 Å². The second-order valence-corrected chi connectivity index (χ2v) is 3.25. The summed E-state index contributed by atoms with van der Waals surface area (Å²) < 4.78 is 4.85. The Bertz CT molecular complexity index is 405. The van der Waals surface area contributed by atoms with Crippen LogP contribution in [0, 0.1) is 0 Å². The molecule has 1 heterocycles.